The lowest BCUT2D eigenvalue weighted by Gasteiger charge is -2.13. The summed E-state index contributed by atoms with van der Waals surface area (Å²) >= 11 is 0. The molecule has 3 nitrogen and oxygen atoms in total. The fourth-order valence-corrected chi connectivity index (χ4v) is 5.96. The van der Waals surface area contributed by atoms with Crippen molar-refractivity contribution in [2.45, 2.75) is 0 Å². The summed E-state index contributed by atoms with van der Waals surface area (Å²) in [4.78, 5) is 13.6. The van der Waals surface area contributed by atoms with Crippen LogP contribution in [0.3, 0.4) is 0 Å². The van der Waals surface area contributed by atoms with Gasteiger partial charge in [0.25, 0.3) is 0 Å². The minimum absolute atomic E-state index is 0.886. The lowest BCUT2D eigenvalue weighted by molar-refractivity contribution is 1.26. The molecular formula is C39H25N3. The van der Waals surface area contributed by atoms with Crippen molar-refractivity contribution >= 4 is 32.3 Å². The van der Waals surface area contributed by atoms with Crippen LogP contribution in [0.5, 0.6) is 0 Å². The molecular weight excluding hydrogens is 510 g/mol. The number of hydrogen-bond donors (Lipinski definition) is 0. The Kier molecular flexibility index (Phi) is 5.79. The van der Waals surface area contributed by atoms with Gasteiger partial charge >= 0.3 is 0 Å². The Morgan fingerprint density at radius 2 is 0.762 bits per heavy atom. The van der Waals surface area contributed by atoms with E-state index in [1.54, 1.807) is 12.4 Å². The van der Waals surface area contributed by atoms with Crippen LogP contribution in [0.2, 0.25) is 0 Å². The van der Waals surface area contributed by atoms with Crippen molar-refractivity contribution in [1.29, 1.82) is 0 Å². The third-order valence-electron chi connectivity index (χ3n) is 8.04. The Morgan fingerprint density at radius 1 is 0.310 bits per heavy atom. The van der Waals surface area contributed by atoms with E-state index < -0.39 is 0 Å². The molecule has 0 fully saturated rings. The van der Waals surface area contributed by atoms with Gasteiger partial charge in [0.15, 0.2) is 0 Å². The second-order valence-electron chi connectivity index (χ2n) is 10.5. The second-order valence-corrected chi connectivity index (χ2v) is 10.5. The Hall–Kier alpha value is -5.67. The SMILES string of the molecule is c1cncc(-c2cc(-c3ccc(-c4ccc5c6ccccc6c6ccccc6c5c4)cc3)cc(-c3cccnc3)n2)c1. The van der Waals surface area contributed by atoms with Crippen LogP contribution < -0.4 is 0 Å². The molecule has 196 valence electrons. The lowest BCUT2D eigenvalue weighted by Crippen LogP contribution is -1.92. The first-order valence-corrected chi connectivity index (χ1v) is 14.1. The lowest BCUT2D eigenvalue weighted by atomic mass is 9.91. The molecule has 42 heavy (non-hydrogen) atoms. The zero-order chi connectivity index (χ0) is 27.9. The molecule has 0 amide bonds. The predicted octanol–water partition coefficient (Wildman–Crippen LogP) is 10.00. The highest BCUT2D eigenvalue weighted by Gasteiger charge is 2.12. The van der Waals surface area contributed by atoms with Crippen LogP contribution in [0.4, 0.5) is 0 Å². The van der Waals surface area contributed by atoms with Gasteiger partial charge in [0.2, 0.25) is 0 Å². The zero-order valence-corrected chi connectivity index (χ0v) is 22.8. The summed E-state index contributed by atoms with van der Waals surface area (Å²) in [6, 6.07) is 45.4. The molecule has 0 aliphatic rings. The monoisotopic (exact) mass is 535 g/mol. The molecule has 8 aromatic rings. The first-order chi connectivity index (χ1) is 20.8. The van der Waals surface area contributed by atoms with Crippen LogP contribution in [0, 0.1) is 0 Å². The van der Waals surface area contributed by atoms with E-state index in [0.717, 1.165) is 33.6 Å². The van der Waals surface area contributed by atoms with Gasteiger partial charge in [-0.1, -0.05) is 84.9 Å². The molecule has 3 aromatic heterocycles. The summed E-state index contributed by atoms with van der Waals surface area (Å²) in [6.45, 7) is 0. The molecule has 0 aliphatic heterocycles. The van der Waals surface area contributed by atoms with Gasteiger partial charge in [-0.15, -0.1) is 0 Å². The number of benzene rings is 5. The van der Waals surface area contributed by atoms with Gasteiger partial charge in [-0.3, -0.25) is 9.97 Å². The Balaban J connectivity index is 1.23. The molecule has 0 saturated heterocycles. The maximum Gasteiger partial charge on any atom is 0.0731 e. The number of pyridine rings is 3. The molecule has 0 N–H and O–H groups in total. The molecule has 0 radical (unpaired) electrons. The van der Waals surface area contributed by atoms with Crippen molar-refractivity contribution < 1.29 is 0 Å². The fourth-order valence-electron chi connectivity index (χ4n) is 5.96. The summed E-state index contributed by atoms with van der Waals surface area (Å²) < 4.78 is 0. The third kappa shape index (κ3) is 4.20. The summed E-state index contributed by atoms with van der Waals surface area (Å²) in [7, 11) is 0. The predicted molar refractivity (Wildman–Crippen MR) is 174 cm³/mol. The van der Waals surface area contributed by atoms with E-state index in [2.05, 4.69) is 113 Å². The molecule has 0 saturated carbocycles. The Morgan fingerprint density at radius 3 is 1.26 bits per heavy atom. The molecule has 8 rings (SSSR count). The van der Waals surface area contributed by atoms with E-state index in [1.807, 2.05) is 36.7 Å². The number of rotatable bonds is 4. The molecule has 0 bridgehead atoms. The van der Waals surface area contributed by atoms with E-state index >= 15 is 0 Å². The van der Waals surface area contributed by atoms with Crippen LogP contribution in [-0.4, -0.2) is 15.0 Å². The number of aromatic nitrogens is 3. The maximum absolute atomic E-state index is 4.96. The Labute approximate surface area is 243 Å². The number of fused-ring (bicyclic) bond motifs is 6. The molecule has 0 atom stereocenters. The van der Waals surface area contributed by atoms with Gasteiger partial charge in [-0.25, -0.2) is 4.98 Å². The van der Waals surface area contributed by atoms with Crippen molar-refractivity contribution in [2.24, 2.45) is 0 Å². The first-order valence-electron chi connectivity index (χ1n) is 14.1. The van der Waals surface area contributed by atoms with Crippen molar-refractivity contribution in [3.8, 4) is 44.8 Å². The maximum atomic E-state index is 4.96. The molecule has 5 aromatic carbocycles. The standard InChI is InChI=1S/C39H25N3/c1-2-11-34-32(9-1)33-10-3-4-12-35(33)37-21-28(17-18-36(34)37)26-13-15-27(16-14-26)31-22-38(29-7-5-19-40-24-29)42-39(23-31)30-8-6-20-41-25-30/h1-25H. The van der Waals surface area contributed by atoms with E-state index in [0.29, 0.717) is 0 Å². The first kappa shape index (κ1) is 24.2. The molecule has 0 unspecified atom stereocenters. The third-order valence-corrected chi connectivity index (χ3v) is 8.04. The Bertz CT molecular complexity index is 2130. The van der Waals surface area contributed by atoms with Crippen molar-refractivity contribution in [3.05, 3.63) is 152 Å². The van der Waals surface area contributed by atoms with Crippen LogP contribution in [0.15, 0.2) is 152 Å². The van der Waals surface area contributed by atoms with E-state index in [-0.39, 0.29) is 0 Å². The average molecular weight is 536 g/mol. The van der Waals surface area contributed by atoms with Crippen LogP contribution in [0.25, 0.3) is 77.1 Å². The largest absolute Gasteiger partial charge is 0.264 e. The van der Waals surface area contributed by atoms with Crippen molar-refractivity contribution in [3.63, 3.8) is 0 Å². The van der Waals surface area contributed by atoms with Crippen molar-refractivity contribution in [1.82, 2.24) is 15.0 Å². The summed E-state index contributed by atoms with van der Waals surface area (Å²) in [6.07, 6.45) is 7.28. The van der Waals surface area contributed by atoms with Gasteiger partial charge in [0, 0.05) is 35.9 Å². The molecule has 3 heterocycles. The van der Waals surface area contributed by atoms with Crippen LogP contribution in [0.1, 0.15) is 0 Å². The van der Waals surface area contributed by atoms with Crippen LogP contribution in [-0.2, 0) is 0 Å². The topological polar surface area (TPSA) is 38.7 Å². The summed E-state index contributed by atoms with van der Waals surface area (Å²) in [5, 5.41) is 7.73. The molecule has 0 aliphatic carbocycles. The zero-order valence-electron chi connectivity index (χ0n) is 22.8. The van der Waals surface area contributed by atoms with Gasteiger partial charge < -0.3 is 0 Å². The van der Waals surface area contributed by atoms with Gasteiger partial charge in [0.05, 0.1) is 11.4 Å². The van der Waals surface area contributed by atoms with E-state index in [4.69, 9.17) is 4.98 Å². The number of hydrogen-bond acceptors (Lipinski definition) is 3. The van der Waals surface area contributed by atoms with Gasteiger partial charge in [0.1, 0.15) is 0 Å². The highest BCUT2D eigenvalue weighted by molar-refractivity contribution is 6.25. The molecule has 0 spiro atoms. The summed E-state index contributed by atoms with van der Waals surface area (Å²) in [5.74, 6) is 0. The van der Waals surface area contributed by atoms with Gasteiger partial charge in [-0.2, -0.15) is 0 Å². The second kappa shape index (κ2) is 10.1. The van der Waals surface area contributed by atoms with Crippen LogP contribution >= 0.6 is 0 Å². The van der Waals surface area contributed by atoms with E-state index in [1.165, 1.54) is 43.4 Å². The number of nitrogens with zero attached hydrogens (tertiary/aromatic N) is 3. The average Bonchev–Trinajstić information content (AvgIpc) is 3.09. The smallest absolute Gasteiger partial charge is 0.0731 e. The summed E-state index contributed by atoms with van der Waals surface area (Å²) in [5.41, 5.74) is 8.37. The minimum Gasteiger partial charge on any atom is -0.264 e. The normalized spacial score (nSPS) is 11.3. The fraction of sp³-hybridized carbons (Fsp3) is 0. The quantitative estimate of drug-likeness (QED) is 0.211. The van der Waals surface area contributed by atoms with Crippen molar-refractivity contribution in [2.75, 3.05) is 0 Å². The minimum atomic E-state index is 0.886. The van der Waals surface area contributed by atoms with Gasteiger partial charge in [-0.05, 0) is 97.0 Å². The van der Waals surface area contributed by atoms with E-state index in [9.17, 15) is 0 Å². The highest BCUT2D eigenvalue weighted by atomic mass is 14.7. The molecule has 3 heteroatoms. The highest BCUT2D eigenvalue weighted by Crippen LogP contribution is 2.37.